The molecule has 6 heteroatoms. The number of phenols is 1. The third-order valence-corrected chi connectivity index (χ3v) is 2.62. The molecule has 2 rings (SSSR count). The number of hydrogen-bond acceptors (Lipinski definition) is 3. The van der Waals surface area contributed by atoms with E-state index in [1.807, 2.05) is 0 Å². The fraction of sp³-hybridized carbons (Fsp3) is 0. The van der Waals surface area contributed by atoms with Gasteiger partial charge in [0.25, 0.3) is 0 Å². The molecule has 0 radical (unpaired) electrons. The number of nitrogens with zero attached hydrogens (tertiary/aromatic N) is 1. The lowest BCUT2D eigenvalue weighted by Gasteiger charge is -2.05. The molecule has 4 nitrogen and oxygen atoms in total. The van der Waals surface area contributed by atoms with Crippen molar-refractivity contribution in [3.63, 3.8) is 0 Å². The Labute approximate surface area is 93.1 Å². The maximum atomic E-state index is 13.7. The van der Waals surface area contributed by atoms with Crippen LogP contribution in [0.15, 0.2) is 22.8 Å². The van der Waals surface area contributed by atoms with Crippen molar-refractivity contribution in [1.29, 1.82) is 0 Å². The maximum Gasteiger partial charge on any atom is 0.149 e. The smallest absolute Gasteiger partial charge is 0.149 e. The highest BCUT2D eigenvalue weighted by atomic mass is 79.9. The number of rotatable bonds is 1. The zero-order chi connectivity index (χ0) is 11.0. The molecule has 0 fully saturated rings. The van der Waals surface area contributed by atoms with Crippen LogP contribution >= 0.6 is 15.9 Å². The van der Waals surface area contributed by atoms with Gasteiger partial charge in [0, 0.05) is 0 Å². The minimum atomic E-state index is -0.567. The van der Waals surface area contributed by atoms with E-state index in [-0.39, 0.29) is 21.6 Å². The highest BCUT2D eigenvalue weighted by Crippen LogP contribution is 2.37. The summed E-state index contributed by atoms with van der Waals surface area (Å²) in [5.74, 6) is -0.533. The predicted octanol–water partition coefficient (Wildman–Crippen LogP) is 2.27. The SMILES string of the molecule is Nc1[nH]ncc1-c1c(O)ccc(Br)c1F. The highest BCUT2D eigenvalue weighted by Gasteiger charge is 2.17. The molecule has 0 aliphatic rings. The second-order valence-electron chi connectivity index (χ2n) is 2.95. The van der Waals surface area contributed by atoms with Crippen molar-refractivity contribution in [2.75, 3.05) is 5.73 Å². The number of anilines is 1. The number of phenolic OH excluding ortho intramolecular Hbond substituents is 1. The fourth-order valence-electron chi connectivity index (χ4n) is 1.29. The number of nitrogens with two attached hydrogens (primary N) is 1. The highest BCUT2D eigenvalue weighted by molar-refractivity contribution is 9.10. The summed E-state index contributed by atoms with van der Waals surface area (Å²) in [6.45, 7) is 0. The van der Waals surface area contributed by atoms with E-state index in [9.17, 15) is 9.50 Å². The van der Waals surface area contributed by atoms with Gasteiger partial charge in [-0.15, -0.1) is 0 Å². The standard InChI is InChI=1S/C9H7BrFN3O/c10-5-1-2-6(15)7(8(5)11)4-3-13-14-9(4)12/h1-3,15H,(H3,12,13,14). The van der Waals surface area contributed by atoms with Crippen LogP contribution in [0.25, 0.3) is 11.1 Å². The molecular formula is C9H7BrFN3O. The predicted molar refractivity (Wildman–Crippen MR) is 57.8 cm³/mol. The van der Waals surface area contributed by atoms with Crippen LogP contribution in [0.2, 0.25) is 0 Å². The molecule has 15 heavy (non-hydrogen) atoms. The number of aromatic nitrogens is 2. The first-order valence-electron chi connectivity index (χ1n) is 4.07. The lowest BCUT2D eigenvalue weighted by molar-refractivity contribution is 0.471. The van der Waals surface area contributed by atoms with E-state index in [0.29, 0.717) is 5.56 Å². The maximum absolute atomic E-state index is 13.7. The van der Waals surface area contributed by atoms with Gasteiger partial charge >= 0.3 is 0 Å². The molecule has 0 saturated carbocycles. The molecule has 0 bridgehead atoms. The molecule has 1 aromatic carbocycles. The van der Waals surface area contributed by atoms with Gasteiger partial charge in [-0.2, -0.15) is 5.10 Å². The van der Waals surface area contributed by atoms with E-state index >= 15 is 0 Å². The van der Waals surface area contributed by atoms with E-state index in [1.165, 1.54) is 18.3 Å². The zero-order valence-corrected chi connectivity index (χ0v) is 9.05. The normalized spacial score (nSPS) is 10.5. The van der Waals surface area contributed by atoms with Crippen LogP contribution in [0.3, 0.4) is 0 Å². The van der Waals surface area contributed by atoms with Gasteiger partial charge in [-0.1, -0.05) is 0 Å². The van der Waals surface area contributed by atoms with E-state index < -0.39 is 5.82 Å². The Kier molecular flexibility index (Phi) is 2.36. The zero-order valence-electron chi connectivity index (χ0n) is 7.46. The summed E-state index contributed by atoms with van der Waals surface area (Å²) in [5, 5.41) is 15.7. The summed E-state index contributed by atoms with van der Waals surface area (Å²) in [6, 6.07) is 2.80. The van der Waals surface area contributed by atoms with Crippen LogP contribution in [0.5, 0.6) is 5.75 Å². The van der Waals surface area contributed by atoms with Gasteiger partial charge in [-0.05, 0) is 28.1 Å². The molecule has 0 unspecified atom stereocenters. The quantitative estimate of drug-likeness (QED) is 0.745. The van der Waals surface area contributed by atoms with Crippen molar-refractivity contribution in [3.05, 3.63) is 28.6 Å². The molecule has 0 atom stereocenters. The van der Waals surface area contributed by atoms with Gasteiger partial charge in [0.15, 0.2) is 0 Å². The summed E-state index contributed by atoms with van der Waals surface area (Å²) in [7, 11) is 0. The number of aromatic hydroxyl groups is 1. The Morgan fingerprint density at radius 2 is 2.20 bits per heavy atom. The minimum absolute atomic E-state index is 0.0376. The van der Waals surface area contributed by atoms with Crippen molar-refractivity contribution in [1.82, 2.24) is 10.2 Å². The summed E-state index contributed by atoms with van der Waals surface area (Å²) in [4.78, 5) is 0. The lowest BCUT2D eigenvalue weighted by Crippen LogP contribution is -1.91. The van der Waals surface area contributed by atoms with E-state index in [1.54, 1.807) is 0 Å². The third-order valence-electron chi connectivity index (χ3n) is 2.01. The molecule has 78 valence electrons. The second-order valence-corrected chi connectivity index (χ2v) is 3.81. The van der Waals surface area contributed by atoms with Crippen LogP contribution < -0.4 is 5.73 Å². The van der Waals surface area contributed by atoms with Gasteiger partial charge in [0.1, 0.15) is 17.4 Å². The molecule has 4 N–H and O–H groups in total. The van der Waals surface area contributed by atoms with Gasteiger partial charge in [-0.3, -0.25) is 5.10 Å². The molecule has 0 spiro atoms. The monoisotopic (exact) mass is 271 g/mol. The van der Waals surface area contributed by atoms with Crippen molar-refractivity contribution >= 4 is 21.7 Å². The summed E-state index contributed by atoms with van der Waals surface area (Å²) < 4.78 is 14.0. The summed E-state index contributed by atoms with van der Waals surface area (Å²) in [6.07, 6.45) is 1.36. The van der Waals surface area contributed by atoms with Crippen LogP contribution in [-0.2, 0) is 0 Å². The first kappa shape index (κ1) is 9.97. The van der Waals surface area contributed by atoms with Gasteiger partial charge in [0.2, 0.25) is 0 Å². The third kappa shape index (κ3) is 1.56. The van der Waals surface area contributed by atoms with Gasteiger partial charge in [0.05, 0.1) is 21.8 Å². The van der Waals surface area contributed by atoms with Crippen molar-refractivity contribution < 1.29 is 9.50 Å². The molecule has 0 aliphatic carbocycles. The topological polar surface area (TPSA) is 74.9 Å². The molecule has 1 aromatic heterocycles. The molecule has 2 aromatic rings. The number of nitrogen functional groups attached to an aromatic ring is 1. The minimum Gasteiger partial charge on any atom is -0.507 e. The van der Waals surface area contributed by atoms with E-state index in [2.05, 4.69) is 26.1 Å². The lowest BCUT2D eigenvalue weighted by atomic mass is 10.1. The van der Waals surface area contributed by atoms with E-state index in [0.717, 1.165) is 0 Å². The molecule has 0 saturated heterocycles. The van der Waals surface area contributed by atoms with Crippen molar-refractivity contribution in [3.8, 4) is 16.9 Å². The largest absolute Gasteiger partial charge is 0.507 e. The molecular weight excluding hydrogens is 265 g/mol. The number of benzene rings is 1. The average molecular weight is 272 g/mol. The van der Waals surface area contributed by atoms with Crippen LogP contribution in [0.1, 0.15) is 0 Å². The van der Waals surface area contributed by atoms with Crippen molar-refractivity contribution in [2.45, 2.75) is 0 Å². The average Bonchev–Trinajstić information content (AvgIpc) is 2.60. The fourth-order valence-corrected chi connectivity index (χ4v) is 1.62. The molecule has 0 amide bonds. The first-order valence-corrected chi connectivity index (χ1v) is 4.86. The number of H-pyrrole nitrogens is 1. The van der Waals surface area contributed by atoms with Gasteiger partial charge in [-0.25, -0.2) is 4.39 Å². The number of nitrogens with one attached hydrogen (secondary N) is 1. The number of halogens is 2. The Bertz CT molecular complexity index is 512. The van der Waals surface area contributed by atoms with Crippen molar-refractivity contribution in [2.24, 2.45) is 0 Å². The van der Waals surface area contributed by atoms with Crippen LogP contribution in [0, 0.1) is 5.82 Å². The van der Waals surface area contributed by atoms with Gasteiger partial charge < -0.3 is 10.8 Å². The number of hydrogen-bond donors (Lipinski definition) is 3. The molecule has 1 heterocycles. The van der Waals surface area contributed by atoms with Crippen LogP contribution in [-0.4, -0.2) is 15.3 Å². The Morgan fingerprint density at radius 1 is 1.47 bits per heavy atom. The van der Waals surface area contributed by atoms with E-state index in [4.69, 9.17) is 5.73 Å². The molecule has 0 aliphatic heterocycles. The first-order chi connectivity index (χ1) is 7.11. The van der Waals surface area contributed by atoms with Crippen LogP contribution in [0.4, 0.5) is 10.2 Å². The Balaban J connectivity index is 2.72. The second kappa shape index (κ2) is 3.54. The number of aromatic amines is 1. The Hall–Kier alpha value is -1.56. The summed E-state index contributed by atoms with van der Waals surface area (Å²) in [5.41, 5.74) is 5.93. The Morgan fingerprint density at radius 3 is 2.80 bits per heavy atom. The summed E-state index contributed by atoms with van der Waals surface area (Å²) >= 11 is 3.03.